The van der Waals surface area contributed by atoms with Crippen LogP contribution in [-0.2, 0) is 5.41 Å². The molecule has 0 bridgehead atoms. The smallest absolute Gasteiger partial charge is 0.0306 e. The molecule has 1 aliphatic rings. The number of aromatic nitrogens is 1. The van der Waals surface area contributed by atoms with Crippen molar-refractivity contribution < 1.29 is 0 Å². The molecule has 0 unspecified atom stereocenters. The van der Waals surface area contributed by atoms with Crippen molar-refractivity contribution >= 4 is 0 Å². The zero-order chi connectivity index (χ0) is 13.6. The fourth-order valence-electron chi connectivity index (χ4n) is 3.25. The minimum Gasteiger partial charge on any atom is -0.316 e. The molecule has 0 radical (unpaired) electrons. The van der Waals surface area contributed by atoms with E-state index < -0.39 is 0 Å². The second kappa shape index (κ2) is 7.04. The highest BCUT2D eigenvalue weighted by Crippen LogP contribution is 2.37. The van der Waals surface area contributed by atoms with Crippen molar-refractivity contribution in [3.63, 3.8) is 0 Å². The zero-order valence-electron chi connectivity index (χ0n) is 12.5. The number of nitrogens with zero attached hydrogens (tertiary/aromatic N) is 1. The number of pyridine rings is 1. The lowest BCUT2D eigenvalue weighted by atomic mass is 9.75. The first kappa shape index (κ1) is 14.5. The Morgan fingerprint density at radius 1 is 1.21 bits per heavy atom. The molecule has 2 rings (SSSR count). The molecule has 0 spiro atoms. The van der Waals surface area contributed by atoms with E-state index in [1.165, 1.54) is 44.1 Å². The Labute approximate surface area is 118 Å². The van der Waals surface area contributed by atoms with Gasteiger partial charge in [0.05, 0.1) is 0 Å². The normalized spacial score (nSPS) is 19.3. The highest BCUT2D eigenvalue weighted by atomic mass is 14.9. The van der Waals surface area contributed by atoms with Gasteiger partial charge in [0.1, 0.15) is 0 Å². The van der Waals surface area contributed by atoms with Crippen molar-refractivity contribution in [2.24, 2.45) is 5.92 Å². The van der Waals surface area contributed by atoms with Crippen molar-refractivity contribution in [2.45, 2.75) is 57.8 Å². The Balaban J connectivity index is 2.12. The zero-order valence-corrected chi connectivity index (χ0v) is 12.5. The molecule has 1 N–H and O–H groups in total. The van der Waals surface area contributed by atoms with Gasteiger partial charge in [-0.25, -0.2) is 0 Å². The molecule has 1 aromatic rings. The lowest BCUT2D eigenvalue weighted by Crippen LogP contribution is -2.39. The summed E-state index contributed by atoms with van der Waals surface area (Å²) in [6.07, 6.45) is 12.1. The van der Waals surface area contributed by atoms with Gasteiger partial charge in [0.15, 0.2) is 0 Å². The Bertz CT molecular complexity index is 351. The van der Waals surface area contributed by atoms with E-state index in [9.17, 15) is 0 Å². The third-order valence-corrected chi connectivity index (χ3v) is 4.35. The monoisotopic (exact) mass is 260 g/mol. The maximum atomic E-state index is 4.35. The van der Waals surface area contributed by atoms with Gasteiger partial charge < -0.3 is 5.32 Å². The van der Waals surface area contributed by atoms with Crippen LogP contribution < -0.4 is 5.32 Å². The first-order valence-electron chi connectivity index (χ1n) is 7.84. The number of hydrogen-bond acceptors (Lipinski definition) is 2. The molecule has 1 heterocycles. The Morgan fingerprint density at radius 3 is 2.53 bits per heavy atom. The number of nitrogens with one attached hydrogen (secondary N) is 1. The van der Waals surface area contributed by atoms with Crippen LogP contribution in [0.15, 0.2) is 24.5 Å². The van der Waals surface area contributed by atoms with Gasteiger partial charge in [0.2, 0.25) is 0 Å². The first-order valence-corrected chi connectivity index (χ1v) is 7.84. The highest BCUT2D eigenvalue weighted by Gasteiger charge is 2.32. The average Bonchev–Trinajstić information content (AvgIpc) is 2.66. The lowest BCUT2D eigenvalue weighted by Gasteiger charge is -2.34. The predicted octanol–water partition coefficient (Wildman–Crippen LogP) is 3.92. The largest absolute Gasteiger partial charge is 0.316 e. The molecule has 0 aromatic carbocycles. The van der Waals surface area contributed by atoms with E-state index in [1.54, 1.807) is 0 Å². The van der Waals surface area contributed by atoms with Gasteiger partial charge in [-0.15, -0.1) is 0 Å². The molecule has 2 nitrogen and oxygen atoms in total. The first-order chi connectivity index (χ1) is 9.23. The van der Waals surface area contributed by atoms with Crippen LogP contribution in [0.2, 0.25) is 0 Å². The van der Waals surface area contributed by atoms with Crippen LogP contribution in [0, 0.1) is 5.92 Å². The Kier molecular flexibility index (Phi) is 5.38. The van der Waals surface area contributed by atoms with Crippen LogP contribution in [-0.4, -0.2) is 18.1 Å². The Morgan fingerprint density at radius 2 is 1.95 bits per heavy atom. The molecule has 0 atom stereocenters. The van der Waals surface area contributed by atoms with Crippen LogP contribution in [0.1, 0.15) is 57.9 Å². The van der Waals surface area contributed by atoms with Gasteiger partial charge in [-0.2, -0.15) is 0 Å². The fraction of sp³-hybridized carbons (Fsp3) is 0.706. The van der Waals surface area contributed by atoms with Gasteiger partial charge in [-0.3, -0.25) is 4.98 Å². The van der Waals surface area contributed by atoms with Crippen LogP contribution >= 0.6 is 0 Å². The molecule has 1 aliphatic carbocycles. The van der Waals surface area contributed by atoms with E-state index in [1.807, 2.05) is 6.20 Å². The molecule has 0 aliphatic heterocycles. The van der Waals surface area contributed by atoms with E-state index >= 15 is 0 Å². The number of rotatable bonds is 5. The summed E-state index contributed by atoms with van der Waals surface area (Å²) >= 11 is 0. The van der Waals surface area contributed by atoms with E-state index in [0.29, 0.717) is 5.41 Å². The molecule has 1 aromatic heterocycles. The summed E-state index contributed by atoms with van der Waals surface area (Å²) in [5.74, 6) is 0.719. The van der Waals surface area contributed by atoms with Crippen molar-refractivity contribution in [3.8, 4) is 0 Å². The Hall–Kier alpha value is -0.890. The summed E-state index contributed by atoms with van der Waals surface area (Å²) in [4.78, 5) is 4.35. The molecule has 1 saturated carbocycles. The third-order valence-electron chi connectivity index (χ3n) is 4.35. The molecule has 1 fully saturated rings. The minimum absolute atomic E-state index is 0.319. The van der Waals surface area contributed by atoms with Crippen molar-refractivity contribution in [1.82, 2.24) is 10.3 Å². The van der Waals surface area contributed by atoms with Gasteiger partial charge in [-0.1, -0.05) is 45.6 Å². The molecular formula is C17H28N2. The summed E-state index contributed by atoms with van der Waals surface area (Å²) in [6.45, 7) is 6.77. The molecule has 2 heteroatoms. The summed E-state index contributed by atoms with van der Waals surface area (Å²) < 4.78 is 0. The van der Waals surface area contributed by atoms with Crippen LogP contribution in [0.3, 0.4) is 0 Å². The van der Waals surface area contributed by atoms with Crippen molar-refractivity contribution in [3.05, 3.63) is 30.1 Å². The fourth-order valence-corrected chi connectivity index (χ4v) is 3.25. The van der Waals surface area contributed by atoms with Crippen LogP contribution in [0.4, 0.5) is 0 Å². The van der Waals surface area contributed by atoms with E-state index in [0.717, 1.165) is 19.0 Å². The lowest BCUT2D eigenvalue weighted by molar-refractivity contribution is 0.339. The number of hydrogen-bond donors (Lipinski definition) is 1. The standard InChI is InChI=1S/C17H28N2/c1-15(2)12-19-14-17(9-5-3-4-6-10-17)16-8-7-11-18-13-16/h7-8,11,13,15,19H,3-6,9-10,12,14H2,1-2H3. The summed E-state index contributed by atoms with van der Waals surface area (Å²) in [5, 5.41) is 3.69. The summed E-state index contributed by atoms with van der Waals surface area (Å²) in [6, 6.07) is 4.36. The topological polar surface area (TPSA) is 24.9 Å². The molecule has 0 amide bonds. The second-order valence-corrected chi connectivity index (χ2v) is 6.46. The molecule has 0 saturated heterocycles. The van der Waals surface area contributed by atoms with Crippen molar-refractivity contribution in [2.75, 3.05) is 13.1 Å². The van der Waals surface area contributed by atoms with Crippen molar-refractivity contribution in [1.29, 1.82) is 0 Å². The van der Waals surface area contributed by atoms with E-state index in [2.05, 4.69) is 42.5 Å². The minimum atomic E-state index is 0.319. The van der Waals surface area contributed by atoms with Crippen LogP contribution in [0.5, 0.6) is 0 Å². The SMILES string of the molecule is CC(C)CNCC1(c2cccnc2)CCCCCC1. The molecule has 106 valence electrons. The van der Waals surface area contributed by atoms with E-state index in [-0.39, 0.29) is 0 Å². The quantitative estimate of drug-likeness (QED) is 0.812. The second-order valence-electron chi connectivity index (χ2n) is 6.46. The van der Waals surface area contributed by atoms with E-state index in [4.69, 9.17) is 0 Å². The van der Waals surface area contributed by atoms with Gasteiger partial charge in [-0.05, 0) is 36.9 Å². The predicted molar refractivity (Wildman–Crippen MR) is 81.3 cm³/mol. The molecular weight excluding hydrogens is 232 g/mol. The third kappa shape index (κ3) is 4.04. The van der Waals surface area contributed by atoms with Gasteiger partial charge in [0, 0.05) is 24.4 Å². The highest BCUT2D eigenvalue weighted by molar-refractivity contribution is 5.23. The van der Waals surface area contributed by atoms with Gasteiger partial charge >= 0.3 is 0 Å². The summed E-state index contributed by atoms with van der Waals surface area (Å²) in [5.41, 5.74) is 1.76. The summed E-state index contributed by atoms with van der Waals surface area (Å²) in [7, 11) is 0. The van der Waals surface area contributed by atoms with Gasteiger partial charge in [0.25, 0.3) is 0 Å². The van der Waals surface area contributed by atoms with Crippen LogP contribution in [0.25, 0.3) is 0 Å². The maximum Gasteiger partial charge on any atom is 0.0306 e. The maximum absolute atomic E-state index is 4.35. The molecule has 19 heavy (non-hydrogen) atoms. The average molecular weight is 260 g/mol.